The van der Waals surface area contributed by atoms with Crippen LogP contribution in [0.3, 0.4) is 0 Å². The highest BCUT2D eigenvalue weighted by molar-refractivity contribution is 9.10. The summed E-state index contributed by atoms with van der Waals surface area (Å²) in [5.74, 6) is 0. The number of pyridine rings is 1. The highest BCUT2D eigenvalue weighted by Crippen LogP contribution is 2.33. The van der Waals surface area contributed by atoms with Crippen LogP contribution in [0.5, 0.6) is 0 Å². The predicted molar refractivity (Wildman–Crippen MR) is 96.2 cm³/mol. The van der Waals surface area contributed by atoms with Gasteiger partial charge in [0.2, 0.25) is 0 Å². The summed E-state index contributed by atoms with van der Waals surface area (Å²) >= 11 is 3.51. The molecule has 0 saturated carbocycles. The van der Waals surface area contributed by atoms with Gasteiger partial charge in [0.15, 0.2) is 0 Å². The van der Waals surface area contributed by atoms with Gasteiger partial charge >= 0.3 is 0 Å². The fourth-order valence-electron chi connectivity index (χ4n) is 2.88. The third-order valence-electron chi connectivity index (χ3n) is 3.99. The monoisotopic (exact) mass is 361 g/mol. The largest absolute Gasteiger partial charge is 0.360 e. The van der Waals surface area contributed by atoms with Crippen molar-refractivity contribution in [3.05, 3.63) is 64.3 Å². The number of aryl methyl sites for hydroxylation is 1. The minimum Gasteiger partial charge on any atom is -0.360 e. The van der Waals surface area contributed by atoms with E-state index in [9.17, 15) is 5.26 Å². The summed E-state index contributed by atoms with van der Waals surface area (Å²) in [6.45, 7) is 2.04. The summed E-state index contributed by atoms with van der Waals surface area (Å²) in [4.78, 5) is 8.00. The topological polar surface area (TPSA) is 52.5 Å². The number of H-pyrrole nitrogens is 1. The molecule has 0 bridgehead atoms. The Kier molecular flexibility index (Phi) is 3.17. The van der Waals surface area contributed by atoms with Crippen LogP contribution in [-0.4, -0.2) is 9.97 Å². The Morgan fingerprint density at radius 2 is 2.00 bits per heavy atom. The summed E-state index contributed by atoms with van der Waals surface area (Å²) in [5, 5.41) is 11.6. The van der Waals surface area contributed by atoms with Gasteiger partial charge in [-0.2, -0.15) is 5.26 Å². The number of aromatic amines is 1. The van der Waals surface area contributed by atoms with Gasteiger partial charge in [-0.3, -0.25) is 0 Å². The lowest BCUT2D eigenvalue weighted by Gasteiger charge is -2.06. The zero-order valence-corrected chi connectivity index (χ0v) is 14.0. The number of hydrogen-bond acceptors (Lipinski definition) is 2. The molecule has 2 aromatic carbocycles. The standard InChI is InChI=1S/C19H12BrN3/c1-11-2-4-17-12(6-11)7-13(9-21)19(23-17)16-10-22-18-5-3-14(20)8-15(16)18/h2-8,10,22H,1H3. The first-order valence-electron chi connectivity index (χ1n) is 7.24. The van der Waals surface area contributed by atoms with Crippen LogP contribution in [0.15, 0.2) is 53.1 Å². The van der Waals surface area contributed by atoms with Crippen molar-refractivity contribution < 1.29 is 0 Å². The third-order valence-corrected chi connectivity index (χ3v) is 4.48. The molecular weight excluding hydrogens is 350 g/mol. The van der Waals surface area contributed by atoms with Crippen molar-refractivity contribution >= 4 is 37.7 Å². The third kappa shape index (κ3) is 2.30. The van der Waals surface area contributed by atoms with Crippen molar-refractivity contribution in [2.24, 2.45) is 0 Å². The highest BCUT2D eigenvalue weighted by Gasteiger charge is 2.14. The van der Waals surface area contributed by atoms with Gasteiger partial charge in [0.05, 0.1) is 16.8 Å². The number of nitrogens with zero attached hydrogens (tertiary/aromatic N) is 2. The van der Waals surface area contributed by atoms with Gasteiger partial charge in [0.25, 0.3) is 0 Å². The normalized spacial score (nSPS) is 11.0. The number of aromatic nitrogens is 2. The molecule has 4 heteroatoms. The zero-order valence-electron chi connectivity index (χ0n) is 12.4. The lowest BCUT2D eigenvalue weighted by molar-refractivity contribution is 1.35. The first-order chi connectivity index (χ1) is 11.2. The molecule has 0 radical (unpaired) electrons. The maximum Gasteiger partial charge on any atom is 0.101 e. The summed E-state index contributed by atoms with van der Waals surface area (Å²) in [6, 6.07) is 16.3. The lowest BCUT2D eigenvalue weighted by atomic mass is 10.0. The Labute approximate surface area is 141 Å². The molecule has 23 heavy (non-hydrogen) atoms. The Bertz CT molecular complexity index is 1100. The molecule has 0 atom stereocenters. The zero-order chi connectivity index (χ0) is 16.0. The van der Waals surface area contributed by atoms with Gasteiger partial charge < -0.3 is 4.98 Å². The fraction of sp³-hybridized carbons (Fsp3) is 0.0526. The second kappa shape index (κ2) is 5.22. The maximum atomic E-state index is 9.56. The van der Waals surface area contributed by atoms with Crippen LogP contribution in [0.1, 0.15) is 11.1 Å². The predicted octanol–water partition coefficient (Wildman–Crippen LogP) is 5.33. The summed E-state index contributed by atoms with van der Waals surface area (Å²) in [7, 11) is 0. The van der Waals surface area contributed by atoms with Gasteiger partial charge in [-0.15, -0.1) is 0 Å². The molecule has 0 aliphatic heterocycles. The number of fused-ring (bicyclic) bond motifs is 2. The average Bonchev–Trinajstić information content (AvgIpc) is 2.96. The second-order valence-electron chi connectivity index (χ2n) is 5.58. The Balaban J connectivity index is 2.05. The molecule has 0 fully saturated rings. The van der Waals surface area contributed by atoms with Crippen LogP contribution in [0, 0.1) is 18.3 Å². The molecule has 0 saturated heterocycles. The van der Waals surface area contributed by atoms with Crippen molar-refractivity contribution in [2.45, 2.75) is 6.92 Å². The molecule has 0 aliphatic rings. The first kappa shape index (κ1) is 14.0. The molecule has 2 aromatic heterocycles. The molecule has 3 nitrogen and oxygen atoms in total. The van der Waals surface area contributed by atoms with Crippen LogP contribution in [-0.2, 0) is 0 Å². The minimum atomic E-state index is 0.587. The molecule has 1 N–H and O–H groups in total. The van der Waals surface area contributed by atoms with E-state index in [0.29, 0.717) is 11.3 Å². The van der Waals surface area contributed by atoms with E-state index in [0.717, 1.165) is 37.4 Å². The SMILES string of the molecule is Cc1ccc2nc(-c3c[nH]c4ccc(Br)cc34)c(C#N)cc2c1. The van der Waals surface area contributed by atoms with Crippen molar-refractivity contribution in [1.82, 2.24) is 9.97 Å². The van der Waals surface area contributed by atoms with E-state index >= 15 is 0 Å². The van der Waals surface area contributed by atoms with E-state index in [-0.39, 0.29) is 0 Å². The second-order valence-corrected chi connectivity index (χ2v) is 6.50. The minimum absolute atomic E-state index is 0.587. The number of nitrogens with one attached hydrogen (secondary N) is 1. The number of benzene rings is 2. The van der Waals surface area contributed by atoms with Crippen LogP contribution in [0.25, 0.3) is 33.1 Å². The van der Waals surface area contributed by atoms with Gasteiger partial charge in [-0.1, -0.05) is 27.6 Å². The Morgan fingerprint density at radius 3 is 2.83 bits per heavy atom. The molecule has 0 amide bonds. The number of rotatable bonds is 1. The summed E-state index contributed by atoms with van der Waals surface area (Å²) in [6.07, 6.45) is 1.92. The molecule has 2 heterocycles. The van der Waals surface area contributed by atoms with Gasteiger partial charge in [-0.05, 0) is 43.3 Å². The van der Waals surface area contributed by atoms with Crippen LogP contribution in [0.4, 0.5) is 0 Å². The van der Waals surface area contributed by atoms with Gasteiger partial charge in [0.1, 0.15) is 6.07 Å². The Hall–Kier alpha value is -2.64. The van der Waals surface area contributed by atoms with Crippen molar-refractivity contribution in [2.75, 3.05) is 0 Å². The smallest absolute Gasteiger partial charge is 0.101 e. The molecule has 4 rings (SSSR count). The highest BCUT2D eigenvalue weighted by atomic mass is 79.9. The molecular formula is C19H12BrN3. The van der Waals surface area contributed by atoms with Crippen LogP contribution in [0.2, 0.25) is 0 Å². The quantitative estimate of drug-likeness (QED) is 0.498. The van der Waals surface area contributed by atoms with E-state index in [1.165, 1.54) is 0 Å². The molecule has 0 spiro atoms. The summed E-state index contributed by atoms with van der Waals surface area (Å²) < 4.78 is 1.00. The van der Waals surface area contributed by atoms with E-state index in [4.69, 9.17) is 4.98 Å². The number of hydrogen-bond donors (Lipinski definition) is 1. The first-order valence-corrected chi connectivity index (χ1v) is 8.03. The van der Waals surface area contributed by atoms with Crippen molar-refractivity contribution in [1.29, 1.82) is 5.26 Å². The molecule has 110 valence electrons. The van der Waals surface area contributed by atoms with Crippen molar-refractivity contribution in [3.8, 4) is 17.3 Å². The maximum absolute atomic E-state index is 9.56. The molecule has 0 unspecified atom stereocenters. The van der Waals surface area contributed by atoms with Crippen LogP contribution >= 0.6 is 15.9 Å². The molecule has 0 aliphatic carbocycles. The molecule has 4 aromatic rings. The Morgan fingerprint density at radius 1 is 1.13 bits per heavy atom. The van der Waals surface area contributed by atoms with E-state index in [2.05, 4.69) is 33.0 Å². The fourth-order valence-corrected chi connectivity index (χ4v) is 3.24. The van der Waals surface area contributed by atoms with Crippen LogP contribution < -0.4 is 0 Å². The number of nitriles is 1. The lowest BCUT2D eigenvalue weighted by Crippen LogP contribution is -1.91. The summed E-state index contributed by atoms with van der Waals surface area (Å²) in [5.41, 5.74) is 5.33. The number of halogens is 1. The van der Waals surface area contributed by atoms with E-state index in [1.807, 2.05) is 49.5 Å². The van der Waals surface area contributed by atoms with E-state index in [1.54, 1.807) is 0 Å². The van der Waals surface area contributed by atoms with E-state index < -0.39 is 0 Å². The van der Waals surface area contributed by atoms with Crippen molar-refractivity contribution in [3.63, 3.8) is 0 Å². The average molecular weight is 362 g/mol. The van der Waals surface area contributed by atoms with Gasteiger partial charge in [-0.25, -0.2) is 4.98 Å². The van der Waals surface area contributed by atoms with Gasteiger partial charge in [0, 0.05) is 32.5 Å².